The number of benzene rings is 1. The normalized spacial score (nSPS) is 9.38. The average Bonchev–Trinajstić information content (AvgIpc) is 2.10. The summed E-state index contributed by atoms with van der Waals surface area (Å²) in [4.78, 5) is 13.3. The molecule has 0 saturated carbocycles. The van der Waals surface area contributed by atoms with Gasteiger partial charge in [0.15, 0.2) is 0 Å². The molecular weight excluding hydrogens is 166 g/mol. The third-order valence-electron chi connectivity index (χ3n) is 2.03. The van der Waals surface area contributed by atoms with Crippen LogP contribution in [0.4, 0.5) is 0 Å². The van der Waals surface area contributed by atoms with Crippen LogP contribution in [-0.2, 0) is 11.3 Å². The largest absolute Gasteiger partial charge is 0.508 e. The molecule has 1 N–H and O–H groups in total. The molecule has 1 aromatic rings. The van der Waals surface area contributed by atoms with Gasteiger partial charge >= 0.3 is 0 Å². The third-order valence-corrected chi connectivity index (χ3v) is 2.03. The minimum Gasteiger partial charge on any atom is -0.508 e. The first-order valence-corrected chi connectivity index (χ1v) is 3.98. The summed E-state index contributed by atoms with van der Waals surface area (Å²) < 4.78 is 0. The van der Waals surface area contributed by atoms with Gasteiger partial charge in [0.2, 0.25) is 6.08 Å². The number of aliphatic imine (C=N–C) groups is 1. The number of nitrogens with zero attached hydrogens (tertiary/aromatic N) is 1. The fraction of sp³-hybridized carbons (Fsp3) is 0.300. The first-order valence-electron chi connectivity index (χ1n) is 3.98. The lowest BCUT2D eigenvalue weighted by Crippen LogP contribution is -1.87. The van der Waals surface area contributed by atoms with Crippen LogP contribution < -0.4 is 0 Å². The van der Waals surface area contributed by atoms with E-state index in [9.17, 15) is 9.90 Å². The van der Waals surface area contributed by atoms with Crippen molar-refractivity contribution in [2.75, 3.05) is 0 Å². The Morgan fingerprint density at radius 1 is 1.46 bits per heavy atom. The summed E-state index contributed by atoms with van der Waals surface area (Å²) in [7, 11) is 0. The maximum Gasteiger partial charge on any atom is 0.235 e. The molecule has 0 unspecified atom stereocenters. The smallest absolute Gasteiger partial charge is 0.235 e. The van der Waals surface area contributed by atoms with Gasteiger partial charge in [-0.25, -0.2) is 9.79 Å². The van der Waals surface area contributed by atoms with Crippen molar-refractivity contribution >= 4 is 6.08 Å². The van der Waals surface area contributed by atoms with Crippen LogP contribution in [0.15, 0.2) is 17.1 Å². The second-order valence-corrected chi connectivity index (χ2v) is 2.96. The molecule has 0 saturated heterocycles. The number of phenols is 1. The molecule has 3 nitrogen and oxygen atoms in total. The number of carbonyl (C=O) groups excluding carboxylic acids is 1. The van der Waals surface area contributed by atoms with Crippen LogP contribution in [0.2, 0.25) is 0 Å². The predicted molar refractivity (Wildman–Crippen MR) is 49.4 cm³/mol. The zero-order valence-corrected chi connectivity index (χ0v) is 7.66. The lowest BCUT2D eigenvalue weighted by atomic mass is 10.1. The fourth-order valence-corrected chi connectivity index (χ4v) is 1.13. The van der Waals surface area contributed by atoms with Gasteiger partial charge in [-0.1, -0.05) is 6.07 Å². The van der Waals surface area contributed by atoms with E-state index in [-0.39, 0.29) is 12.3 Å². The molecule has 0 bridgehead atoms. The Hall–Kier alpha value is -1.60. The van der Waals surface area contributed by atoms with Crippen LogP contribution in [0.5, 0.6) is 5.75 Å². The molecule has 0 aliphatic rings. The third kappa shape index (κ3) is 2.17. The van der Waals surface area contributed by atoms with E-state index in [2.05, 4.69) is 4.99 Å². The maximum absolute atomic E-state index is 9.86. The van der Waals surface area contributed by atoms with E-state index in [0.29, 0.717) is 0 Å². The van der Waals surface area contributed by atoms with Gasteiger partial charge in [-0.05, 0) is 36.6 Å². The number of hydrogen-bond donors (Lipinski definition) is 1. The summed E-state index contributed by atoms with van der Waals surface area (Å²) in [5.74, 6) is 0.246. The molecule has 0 atom stereocenters. The minimum atomic E-state index is 0.246. The van der Waals surface area contributed by atoms with E-state index < -0.39 is 0 Å². The van der Waals surface area contributed by atoms with Crippen molar-refractivity contribution in [2.45, 2.75) is 20.4 Å². The molecule has 1 rings (SSSR count). The number of isocyanates is 1. The number of aromatic hydroxyl groups is 1. The molecule has 3 heteroatoms. The SMILES string of the molecule is Cc1cc(CN=C=O)cc(O)c1C. The van der Waals surface area contributed by atoms with Crippen molar-refractivity contribution in [3.8, 4) is 5.75 Å². The molecule has 68 valence electrons. The number of hydrogen-bond acceptors (Lipinski definition) is 3. The van der Waals surface area contributed by atoms with Crippen LogP contribution in [0, 0.1) is 13.8 Å². The molecule has 1 aromatic carbocycles. The first kappa shape index (κ1) is 9.49. The van der Waals surface area contributed by atoms with Gasteiger partial charge in [-0.3, -0.25) is 0 Å². The Labute approximate surface area is 76.7 Å². The monoisotopic (exact) mass is 177 g/mol. The molecule has 13 heavy (non-hydrogen) atoms. The zero-order chi connectivity index (χ0) is 9.84. The van der Waals surface area contributed by atoms with Gasteiger partial charge in [-0.15, -0.1) is 0 Å². The van der Waals surface area contributed by atoms with Crippen molar-refractivity contribution in [2.24, 2.45) is 4.99 Å². The molecule has 0 spiro atoms. The molecular formula is C10H11NO2. The summed E-state index contributed by atoms with van der Waals surface area (Å²) in [6, 6.07) is 3.51. The Morgan fingerprint density at radius 2 is 2.15 bits per heavy atom. The van der Waals surface area contributed by atoms with E-state index in [1.807, 2.05) is 19.9 Å². The molecule has 0 amide bonds. The molecule has 0 heterocycles. The first-order chi connectivity index (χ1) is 6.15. The van der Waals surface area contributed by atoms with Gasteiger partial charge in [0.05, 0.1) is 6.54 Å². The van der Waals surface area contributed by atoms with Crippen molar-refractivity contribution in [3.63, 3.8) is 0 Å². The standard InChI is InChI=1S/C10H11NO2/c1-7-3-9(5-11-6-12)4-10(13)8(7)2/h3-4,13H,5H2,1-2H3. The number of aryl methyl sites for hydroxylation is 1. The van der Waals surface area contributed by atoms with Gasteiger partial charge < -0.3 is 5.11 Å². The van der Waals surface area contributed by atoms with Crippen molar-refractivity contribution in [1.82, 2.24) is 0 Å². The van der Waals surface area contributed by atoms with Gasteiger partial charge in [-0.2, -0.15) is 0 Å². The lowest BCUT2D eigenvalue weighted by Gasteiger charge is -2.05. The second kappa shape index (κ2) is 3.87. The highest BCUT2D eigenvalue weighted by Crippen LogP contribution is 2.22. The Bertz CT molecular complexity index is 342. The topological polar surface area (TPSA) is 49.7 Å². The quantitative estimate of drug-likeness (QED) is 0.553. The van der Waals surface area contributed by atoms with Crippen LogP contribution >= 0.6 is 0 Å². The fourth-order valence-electron chi connectivity index (χ4n) is 1.13. The van der Waals surface area contributed by atoms with E-state index in [4.69, 9.17) is 0 Å². The van der Waals surface area contributed by atoms with Crippen molar-refractivity contribution in [1.29, 1.82) is 0 Å². The van der Waals surface area contributed by atoms with Crippen LogP contribution in [0.1, 0.15) is 16.7 Å². The summed E-state index contributed by atoms with van der Waals surface area (Å²) in [6.45, 7) is 4.03. The number of rotatable bonds is 2. The predicted octanol–water partition coefficient (Wildman–Crippen LogP) is 1.84. The summed E-state index contributed by atoms with van der Waals surface area (Å²) in [5, 5.41) is 9.44. The number of phenolic OH excluding ortho intramolecular Hbond substituents is 1. The maximum atomic E-state index is 9.86. The van der Waals surface area contributed by atoms with E-state index in [1.54, 1.807) is 6.07 Å². The highest BCUT2D eigenvalue weighted by molar-refractivity contribution is 5.42. The zero-order valence-electron chi connectivity index (χ0n) is 7.66. The van der Waals surface area contributed by atoms with Crippen LogP contribution in [-0.4, -0.2) is 11.2 Å². The van der Waals surface area contributed by atoms with Crippen molar-refractivity contribution in [3.05, 3.63) is 28.8 Å². The van der Waals surface area contributed by atoms with Crippen LogP contribution in [0.25, 0.3) is 0 Å². The highest BCUT2D eigenvalue weighted by Gasteiger charge is 2.01. The highest BCUT2D eigenvalue weighted by atomic mass is 16.3. The van der Waals surface area contributed by atoms with E-state index >= 15 is 0 Å². The summed E-state index contributed by atoms with van der Waals surface area (Å²) in [5.41, 5.74) is 2.68. The van der Waals surface area contributed by atoms with Crippen molar-refractivity contribution < 1.29 is 9.90 Å². The molecule has 0 fully saturated rings. The van der Waals surface area contributed by atoms with Gasteiger partial charge in [0.25, 0.3) is 0 Å². The Balaban J connectivity index is 3.05. The van der Waals surface area contributed by atoms with Gasteiger partial charge in [0, 0.05) is 0 Å². The Kier molecular flexibility index (Phi) is 2.83. The summed E-state index contributed by atoms with van der Waals surface area (Å²) >= 11 is 0. The van der Waals surface area contributed by atoms with Gasteiger partial charge in [0.1, 0.15) is 5.75 Å². The van der Waals surface area contributed by atoms with E-state index in [1.165, 1.54) is 6.08 Å². The molecule has 0 aliphatic carbocycles. The minimum absolute atomic E-state index is 0.246. The lowest BCUT2D eigenvalue weighted by molar-refractivity contribution is 0.469. The Morgan fingerprint density at radius 3 is 2.69 bits per heavy atom. The molecule has 0 aliphatic heterocycles. The second-order valence-electron chi connectivity index (χ2n) is 2.96. The van der Waals surface area contributed by atoms with E-state index in [0.717, 1.165) is 16.7 Å². The average molecular weight is 177 g/mol. The van der Waals surface area contributed by atoms with Crippen LogP contribution in [0.3, 0.4) is 0 Å². The summed E-state index contributed by atoms with van der Waals surface area (Å²) in [6.07, 6.45) is 1.46. The molecule has 0 radical (unpaired) electrons. The molecule has 0 aromatic heterocycles.